The largest absolute Gasteiger partial charge is 0.514 e. The van der Waals surface area contributed by atoms with Gasteiger partial charge in [-0.25, -0.2) is 9.59 Å². The molecule has 1 aliphatic rings. The van der Waals surface area contributed by atoms with E-state index >= 15 is 0 Å². The van der Waals surface area contributed by atoms with Gasteiger partial charge in [0.15, 0.2) is 5.75 Å². The molecule has 0 N–H and O–H groups in total. The van der Waals surface area contributed by atoms with Gasteiger partial charge < -0.3 is 18.9 Å². The Kier molecular flexibility index (Phi) is 6.14. The molecule has 6 nitrogen and oxygen atoms in total. The van der Waals surface area contributed by atoms with Crippen LogP contribution in [0.3, 0.4) is 0 Å². The number of hydrogen-bond acceptors (Lipinski definition) is 6. The van der Waals surface area contributed by atoms with Gasteiger partial charge in [-0.2, -0.15) is 0 Å². The van der Waals surface area contributed by atoms with Gasteiger partial charge in [-0.1, -0.05) is 6.92 Å². The Hall–Kier alpha value is -1.76. The molecule has 150 valence electrons. The average molecular weight is 443 g/mol. The number of ether oxygens (including phenoxy) is 4. The zero-order chi connectivity index (χ0) is 20.6. The van der Waals surface area contributed by atoms with Crippen molar-refractivity contribution < 1.29 is 28.5 Å². The van der Waals surface area contributed by atoms with Crippen LogP contribution in [-0.4, -0.2) is 29.4 Å². The number of carbonyl (C=O) groups is 2. The van der Waals surface area contributed by atoms with E-state index in [9.17, 15) is 9.59 Å². The number of halogens is 1. The van der Waals surface area contributed by atoms with Crippen molar-refractivity contribution in [3.63, 3.8) is 0 Å². The lowest BCUT2D eigenvalue weighted by Gasteiger charge is -2.23. The van der Waals surface area contributed by atoms with E-state index < -0.39 is 23.3 Å². The predicted octanol–water partition coefficient (Wildman–Crippen LogP) is 5.43. The van der Waals surface area contributed by atoms with E-state index in [1.807, 2.05) is 6.92 Å². The second-order valence-corrected chi connectivity index (χ2v) is 9.33. The van der Waals surface area contributed by atoms with Crippen LogP contribution >= 0.6 is 15.9 Å². The quantitative estimate of drug-likeness (QED) is 0.458. The molecule has 0 saturated carbocycles. The Bertz CT molecular complexity index is 742. The summed E-state index contributed by atoms with van der Waals surface area (Å²) in [7, 11) is 0. The third kappa shape index (κ3) is 5.61. The molecule has 1 aromatic carbocycles. The van der Waals surface area contributed by atoms with E-state index in [-0.39, 0.29) is 17.4 Å². The highest BCUT2D eigenvalue weighted by atomic mass is 79.9. The van der Waals surface area contributed by atoms with Gasteiger partial charge >= 0.3 is 12.1 Å². The van der Waals surface area contributed by atoms with Crippen molar-refractivity contribution in [1.82, 2.24) is 0 Å². The third-order valence-electron chi connectivity index (χ3n) is 3.63. The van der Waals surface area contributed by atoms with Crippen LogP contribution < -0.4 is 9.47 Å². The van der Waals surface area contributed by atoms with Crippen LogP contribution in [0.2, 0.25) is 0 Å². The molecule has 0 aromatic heterocycles. The van der Waals surface area contributed by atoms with Crippen LogP contribution in [0, 0.1) is 0 Å². The molecule has 0 spiro atoms. The molecule has 27 heavy (non-hydrogen) atoms. The standard InChI is InChI=1S/C20H27BrO6/c1-8-12-9-11-10-13(21)16(25-18(23)27-20(5,6)7)14(15(11)24-12)17(22)26-19(2,3)4/h10,12H,8-9H2,1-7H3. The SMILES string of the molecule is CCC1Cc2cc(Br)c(OC(=O)OC(C)(C)C)c(C(=O)OC(C)(C)C)c2O1. The topological polar surface area (TPSA) is 71.1 Å². The van der Waals surface area contributed by atoms with Crippen molar-refractivity contribution in [2.24, 2.45) is 0 Å². The van der Waals surface area contributed by atoms with Gasteiger partial charge in [-0.3, -0.25) is 0 Å². The number of esters is 1. The van der Waals surface area contributed by atoms with Crippen molar-refractivity contribution in [2.45, 2.75) is 78.6 Å². The Balaban J connectivity index is 2.49. The fourth-order valence-corrected chi connectivity index (χ4v) is 3.16. The van der Waals surface area contributed by atoms with Crippen LogP contribution in [0.5, 0.6) is 11.5 Å². The summed E-state index contributed by atoms with van der Waals surface area (Å²) in [5.74, 6) is -0.178. The Morgan fingerprint density at radius 2 is 1.74 bits per heavy atom. The van der Waals surface area contributed by atoms with Gasteiger partial charge in [0.1, 0.15) is 28.6 Å². The van der Waals surface area contributed by atoms with Gasteiger partial charge in [0.25, 0.3) is 0 Å². The minimum atomic E-state index is -0.905. The third-order valence-corrected chi connectivity index (χ3v) is 4.22. The lowest BCUT2D eigenvalue weighted by Crippen LogP contribution is -2.28. The predicted molar refractivity (Wildman–Crippen MR) is 105 cm³/mol. The van der Waals surface area contributed by atoms with Crippen LogP contribution in [-0.2, 0) is 15.9 Å². The lowest BCUT2D eigenvalue weighted by atomic mass is 10.0. The van der Waals surface area contributed by atoms with Crippen LogP contribution in [0.15, 0.2) is 10.5 Å². The van der Waals surface area contributed by atoms with Gasteiger partial charge in [-0.05, 0) is 70.0 Å². The molecule has 0 saturated heterocycles. The summed E-state index contributed by atoms with van der Waals surface area (Å²) in [4.78, 5) is 25.1. The first-order valence-corrected chi connectivity index (χ1v) is 9.76. The maximum absolute atomic E-state index is 12.9. The highest BCUT2D eigenvalue weighted by Gasteiger charge is 2.35. The molecule has 0 radical (unpaired) electrons. The van der Waals surface area contributed by atoms with E-state index in [0.717, 1.165) is 12.0 Å². The molecular weight excluding hydrogens is 416 g/mol. The maximum Gasteiger partial charge on any atom is 0.514 e. The number of benzene rings is 1. The van der Waals surface area contributed by atoms with Crippen molar-refractivity contribution in [3.05, 3.63) is 21.7 Å². The van der Waals surface area contributed by atoms with E-state index in [0.29, 0.717) is 16.6 Å². The van der Waals surface area contributed by atoms with Gasteiger partial charge in [0, 0.05) is 12.0 Å². The molecule has 7 heteroatoms. The lowest BCUT2D eigenvalue weighted by molar-refractivity contribution is 0.00562. The Morgan fingerprint density at radius 3 is 2.26 bits per heavy atom. The Morgan fingerprint density at radius 1 is 1.15 bits per heavy atom. The summed E-state index contributed by atoms with van der Waals surface area (Å²) in [6.07, 6.45) is 0.526. The van der Waals surface area contributed by atoms with Crippen LogP contribution in [0.25, 0.3) is 0 Å². The second kappa shape index (κ2) is 7.70. The molecule has 0 fully saturated rings. The fraction of sp³-hybridized carbons (Fsp3) is 0.600. The van der Waals surface area contributed by atoms with Crippen molar-refractivity contribution >= 4 is 28.1 Å². The maximum atomic E-state index is 12.9. The smallest absolute Gasteiger partial charge is 0.489 e. The summed E-state index contributed by atoms with van der Waals surface area (Å²) >= 11 is 3.40. The van der Waals surface area contributed by atoms with Crippen molar-refractivity contribution in [2.75, 3.05) is 0 Å². The molecular formula is C20H27BrO6. The van der Waals surface area contributed by atoms with E-state index in [4.69, 9.17) is 18.9 Å². The fourth-order valence-electron chi connectivity index (χ4n) is 2.60. The summed E-state index contributed by atoms with van der Waals surface area (Å²) < 4.78 is 22.5. The molecule has 0 aliphatic carbocycles. The average Bonchev–Trinajstić information content (AvgIpc) is 2.86. The molecule has 1 aromatic rings. The van der Waals surface area contributed by atoms with E-state index in [2.05, 4.69) is 15.9 Å². The van der Waals surface area contributed by atoms with Crippen molar-refractivity contribution in [1.29, 1.82) is 0 Å². The van der Waals surface area contributed by atoms with Crippen molar-refractivity contribution in [3.8, 4) is 11.5 Å². The first kappa shape index (κ1) is 21.5. The summed E-state index contributed by atoms with van der Waals surface area (Å²) in [5.41, 5.74) is -0.476. The molecule has 1 unspecified atom stereocenters. The van der Waals surface area contributed by atoms with Crippen LogP contribution in [0.4, 0.5) is 4.79 Å². The summed E-state index contributed by atoms with van der Waals surface area (Å²) in [5, 5.41) is 0. The van der Waals surface area contributed by atoms with E-state index in [1.165, 1.54) is 0 Å². The highest BCUT2D eigenvalue weighted by Crippen LogP contribution is 2.44. The normalized spacial score (nSPS) is 16.4. The highest BCUT2D eigenvalue weighted by molar-refractivity contribution is 9.10. The minimum absolute atomic E-state index is 0.0361. The zero-order valence-electron chi connectivity index (χ0n) is 16.9. The first-order valence-electron chi connectivity index (χ1n) is 8.97. The summed E-state index contributed by atoms with van der Waals surface area (Å²) in [6, 6.07) is 1.80. The number of fused-ring (bicyclic) bond motifs is 1. The zero-order valence-corrected chi connectivity index (χ0v) is 18.5. The monoisotopic (exact) mass is 442 g/mol. The molecule has 1 heterocycles. The number of carbonyl (C=O) groups excluding carboxylic acids is 2. The summed E-state index contributed by atoms with van der Waals surface area (Å²) in [6.45, 7) is 12.5. The van der Waals surface area contributed by atoms with Gasteiger partial charge in [0.2, 0.25) is 0 Å². The second-order valence-electron chi connectivity index (χ2n) is 8.47. The molecule has 0 bridgehead atoms. The first-order chi connectivity index (χ1) is 12.3. The Labute approximate surface area is 168 Å². The number of rotatable bonds is 3. The molecule has 1 aliphatic heterocycles. The van der Waals surface area contributed by atoms with Gasteiger partial charge in [0.05, 0.1) is 4.47 Å². The minimum Gasteiger partial charge on any atom is -0.489 e. The molecule has 1 atom stereocenters. The number of hydrogen-bond donors (Lipinski definition) is 0. The van der Waals surface area contributed by atoms with E-state index in [1.54, 1.807) is 47.6 Å². The molecule has 2 rings (SSSR count). The molecule has 0 amide bonds. The van der Waals surface area contributed by atoms with Gasteiger partial charge in [-0.15, -0.1) is 0 Å². The van der Waals surface area contributed by atoms with Crippen LogP contribution in [0.1, 0.15) is 70.8 Å².